The van der Waals surface area contributed by atoms with Gasteiger partial charge in [-0.15, -0.1) is 10.2 Å². The smallest absolute Gasteiger partial charge is 0.185 e. The first-order valence-electron chi connectivity index (χ1n) is 4.88. The monoisotopic (exact) mass is 356 g/mol. The lowest BCUT2D eigenvalue weighted by Crippen LogP contribution is -1.94. The molecule has 0 aliphatic carbocycles. The van der Waals surface area contributed by atoms with E-state index in [9.17, 15) is 0 Å². The zero-order chi connectivity index (χ0) is 11.8. The van der Waals surface area contributed by atoms with Crippen molar-refractivity contribution in [3.8, 4) is 11.4 Å². The van der Waals surface area contributed by atoms with Gasteiger partial charge in [0, 0.05) is 9.13 Å². The molecule has 0 spiro atoms. The summed E-state index contributed by atoms with van der Waals surface area (Å²) in [5, 5.41) is 12.8. The van der Waals surface area contributed by atoms with E-state index in [2.05, 4.69) is 37.9 Å². The summed E-state index contributed by atoms with van der Waals surface area (Å²) in [6.45, 7) is 0. The Bertz CT molecular complexity index is 678. The molecular weight excluding hydrogens is 351 g/mol. The van der Waals surface area contributed by atoms with E-state index in [-0.39, 0.29) is 0 Å². The zero-order valence-corrected chi connectivity index (χ0v) is 11.4. The molecule has 84 valence electrons. The Hall–Kier alpha value is -1.21. The molecule has 17 heavy (non-hydrogen) atoms. The summed E-state index contributed by atoms with van der Waals surface area (Å²) < 4.78 is 2.82. The third-order valence-electron chi connectivity index (χ3n) is 2.33. The Labute approximate surface area is 116 Å². The number of nitrogens with zero attached hydrogens (tertiary/aromatic N) is 4. The van der Waals surface area contributed by atoms with Crippen LogP contribution in [0.4, 0.5) is 0 Å². The Morgan fingerprint density at radius 1 is 1.00 bits per heavy atom. The van der Waals surface area contributed by atoms with Crippen LogP contribution in [0.25, 0.3) is 17.0 Å². The van der Waals surface area contributed by atoms with Crippen molar-refractivity contribution < 1.29 is 0 Å². The van der Waals surface area contributed by atoms with Gasteiger partial charge in [0.05, 0.1) is 0 Å². The fourth-order valence-electron chi connectivity index (χ4n) is 1.55. The molecule has 2 heterocycles. The SMILES string of the molecule is Clc1ccc2nnc(-c3ccc(I)cc3)n2n1. The summed E-state index contributed by atoms with van der Waals surface area (Å²) >= 11 is 8.13. The third kappa shape index (κ3) is 2.00. The van der Waals surface area contributed by atoms with Crippen molar-refractivity contribution in [3.63, 3.8) is 0 Å². The van der Waals surface area contributed by atoms with Crippen molar-refractivity contribution in [3.05, 3.63) is 45.1 Å². The van der Waals surface area contributed by atoms with Gasteiger partial charge in [-0.25, -0.2) is 0 Å². The molecule has 3 rings (SSSR count). The van der Waals surface area contributed by atoms with Gasteiger partial charge in [-0.05, 0) is 46.9 Å². The summed E-state index contributed by atoms with van der Waals surface area (Å²) in [7, 11) is 0. The number of hydrogen-bond donors (Lipinski definition) is 0. The summed E-state index contributed by atoms with van der Waals surface area (Å²) in [5.74, 6) is 0.693. The van der Waals surface area contributed by atoms with Crippen LogP contribution in [0.5, 0.6) is 0 Å². The molecule has 3 aromatic rings. The van der Waals surface area contributed by atoms with E-state index in [0.29, 0.717) is 16.6 Å². The highest BCUT2D eigenvalue weighted by Crippen LogP contribution is 2.19. The van der Waals surface area contributed by atoms with Crippen molar-refractivity contribution in [2.24, 2.45) is 0 Å². The molecule has 0 unspecified atom stereocenters. The maximum absolute atomic E-state index is 5.87. The van der Waals surface area contributed by atoms with Gasteiger partial charge < -0.3 is 0 Å². The van der Waals surface area contributed by atoms with Gasteiger partial charge in [-0.1, -0.05) is 23.7 Å². The van der Waals surface area contributed by atoms with Gasteiger partial charge >= 0.3 is 0 Å². The highest BCUT2D eigenvalue weighted by atomic mass is 127. The largest absolute Gasteiger partial charge is 0.191 e. The zero-order valence-electron chi connectivity index (χ0n) is 8.51. The van der Waals surface area contributed by atoms with E-state index in [1.165, 1.54) is 3.57 Å². The molecule has 0 N–H and O–H groups in total. The molecule has 0 bridgehead atoms. The maximum Gasteiger partial charge on any atom is 0.185 e. The van der Waals surface area contributed by atoms with Crippen LogP contribution in [0.3, 0.4) is 0 Å². The van der Waals surface area contributed by atoms with Gasteiger partial charge in [-0.2, -0.15) is 9.61 Å². The number of rotatable bonds is 1. The average molecular weight is 357 g/mol. The summed E-state index contributed by atoms with van der Waals surface area (Å²) in [5.41, 5.74) is 1.65. The van der Waals surface area contributed by atoms with Gasteiger partial charge in [0.25, 0.3) is 0 Å². The van der Waals surface area contributed by atoms with E-state index in [0.717, 1.165) is 5.56 Å². The van der Waals surface area contributed by atoms with Crippen LogP contribution in [0, 0.1) is 3.57 Å². The first-order chi connectivity index (χ1) is 8.24. The normalized spacial score (nSPS) is 10.9. The van der Waals surface area contributed by atoms with E-state index < -0.39 is 0 Å². The van der Waals surface area contributed by atoms with Crippen molar-refractivity contribution in [1.29, 1.82) is 0 Å². The molecule has 6 heteroatoms. The van der Waals surface area contributed by atoms with Crippen molar-refractivity contribution in [1.82, 2.24) is 19.8 Å². The molecule has 0 amide bonds. The number of fused-ring (bicyclic) bond motifs is 1. The van der Waals surface area contributed by atoms with Crippen LogP contribution in [0.2, 0.25) is 5.15 Å². The Balaban J connectivity index is 2.23. The van der Waals surface area contributed by atoms with Crippen LogP contribution in [-0.4, -0.2) is 19.8 Å². The maximum atomic E-state index is 5.87. The highest BCUT2D eigenvalue weighted by molar-refractivity contribution is 14.1. The highest BCUT2D eigenvalue weighted by Gasteiger charge is 2.09. The minimum Gasteiger partial charge on any atom is -0.191 e. The fourth-order valence-corrected chi connectivity index (χ4v) is 2.04. The van der Waals surface area contributed by atoms with Crippen LogP contribution < -0.4 is 0 Å². The van der Waals surface area contributed by atoms with E-state index in [1.807, 2.05) is 24.3 Å². The second-order valence-electron chi connectivity index (χ2n) is 3.46. The number of aromatic nitrogens is 4. The molecule has 1 aromatic carbocycles. The van der Waals surface area contributed by atoms with Crippen LogP contribution in [0.1, 0.15) is 0 Å². The molecule has 0 saturated heterocycles. The predicted octanol–water partition coefficient (Wildman–Crippen LogP) is 3.05. The second kappa shape index (κ2) is 4.23. The van der Waals surface area contributed by atoms with Gasteiger partial charge in [-0.3, -0.25) is 0 Å². The molecule has 0 aliphatic heterocycles. The van der Waals surface area contributed by atoms with Crippen LogP contribution >= 0.6 is 34.2 Å². The summed E-state index contributed by atoms with van der Waals surface area (Å²) in [4.78, 5) is 0. The molecular formula is C11H6ClIN4. The lowest BCUT2D eigenvalue weighted by molar-refractivity contribution is 0.936. The van der Waals surface area contributed by atoms with E-state index in [4.69, 9.17) is 11.6 Å². The minimum atomic E-state index is 0.420. The van der Waals surface area contributed by atoms with Crippen LogP contribution in [-0.2, 0) is 0 Å². The molecule has 0 atom stereocenters. The van der Waals surface area contributed by atoms with Crippen molar-refractivity contribution in [2.45, 2.75) is 0 Å². The lowest BCUT2D eigenvalue weighted by Gasteiger charge is -1.99. The average Bonchev–Trinajstić information content (AvgIpc) is 2.73. The number of hydrogen-bond acceptors (Lipinski definition) is 3. The number of halogens is 2. The number of benzene rings is 1. The molecule has 2 aromatic heterocycles. The molecule has 0 radical (unpaired) electrons. The molecule has 0 saturated carbocycles. The van der Waals surface area contributed by atoms with Gasteiger partial charge in [0.15, 0.2) is 11.5 Å². The minimum absolute atomic E-state index is 0.420. The fraction of sp³-hybridized carbons (Fsp3) is 0. The topological polar surface area (TPSA) is 43.1 Å². The first kappa shape index (κ1) is 10.9. The molecule has 0 fully saturated rings. The van der Waals surface area contributed by atoms with E-state index in [1.54, 1.807) is 16.6 Å². The second-order valence-corrected chi connectivity index (χ2v) is 5.09. The van der Waals surface area contributed by atoms with E-state index >= 15 is 0 Å². The Morgan fingerprint density at radius 2 is 1.76 bits per heavy atom. The quantitative estimate of drug-likeness (QED) is 0.630. The Kier molecular flexibility index (Phi) is 2.71. The van der Waals surface area contributed by atoms with Crippen molar-refractivity contribution in [2.75, 3.05) is 0 Å². The van der Waals surface area contributed by atoms with Gasteiger partial charge in [0.1, 0.15) is 5.15 Å². The summed E-state index contributed by atoms with van der Waals surface area (Å²) in [6.07, 6.45) is 0. The molecule has 0 aliphatic rings. The Morgan fingerprint density at radius 3 is 2.53 bits per heavy atom. The predicted molar refractivity (Wildman–Crippen MR) is 73.9 cm³/mol. The van der Waals surface area contributed by atoms with Crippen molar-refractivity contribution >= 4 is 39.8 Å². The third-order valence-corrected chi connectivity index (χ3v) is 3.25. The first-order valence-corrected chi connectivity index (χ1v) is 6.33. The van der Waals surface area contributed by atoms with Gasteiger partial charge in [0.2, 0.25) is 0 Å². The van der Waals surface area contributed by atoms with Crippen LogP contribution in [0.15, 0.2) is 36.4 Å². The summed E-state index contributed by atoms with van der Waals surface area (Å²) in [6, 6.07) is 11.5. The lowest BCUT2D eigenvalue weighted by atomic mass is 10.2. The standard InChI is InChI=1S/C11H6ClIN4/c12-9-5-6-10-14-15-11(17(10)16-9)7-1-3-8(13)4-2-7/h1-6H. The molecule has 4 nitrogen and oxygen atoms in total.